The van der Waals surface area contributed by atoms with E-state index in [1.165, 1.54) is 27.8 Å². The third-order valence-electron chi connectivity index (χ3n) is 6.65. The highest BCUT2D eigenvalue weighted by Gasteiger charge is 2.25. The smallest absolute Gasteiger partial charge is 0.373 e. The normalized spacial score (nSPS) is 12.1. The molecule has 0 aliphatic heterocycles. The Morgan fingerprint density at radius 1 is 1.00 bits per heavy atom. The number of rotatable bonds is 15. The second-order valence-electron chi connectivity index (χ2n) is 9.80. The van der Waals surface area contributed by atoms with E-state index in [9.17, 15) is 0 Å². The first-order chi connectivity index (χ1) is 19.0. The highest BCUT2D eigenvalue weighted by atomic mass is 16.5. The second-order valence-corrected chi connectivity index (χ2v) is 9.80. The summed E-state index contributed by atoms with van der Waals surface area (Å²) in [5.41, 5.74) is 7.42. The Kier molecular flexibility index (Phi) is 12.8. The number of nitrogens with zero attached hydrogens (tertiary/aromatic N) is 2. The minimum atomic E-state index is 0.0589. The Labute approximate surface area is 230 Å². The molecule has 208 valence electrons. The van der Waals surface area contributed by atoms with Crippen LogP contribution in [0.1, 0.15) is 54.4 Å². The molecule has 1 aromatic heterocycles. The summed E-state index contributed by atoms with van der Waals surface area (Å²) < 4.78 is 10.9. The third kappa shape index (κ3) is 9.68. The van der Waals surface area contributed by atoms with Crippen LogP contribution >= 0.6 is 0 Å². The molecule has 0 spiro atoms. The lowest BCUT2D eigenvalue weighted by Crippen LogP contribution is -2.11. The zero-order chi connectivity index (χ0) is 27.9. The predicted octanol–water partition coefficient (Wildman–Crippen LogP) is 4.61. The van der Waals surface area contributed by atoms with Gasteiger partial charge in [-0.3, -0.25) is 0 Å². The van der Waals surface area contributed by atoms with Crippen LogP contribution in [0.15, 0.2) is 48.5 Å². The van der Waals surface area contributed by atoms with Crippen LogP contribution in [0.4, 0.5) is 5.82 Å². The van der Waals surface area contributed by atoms with Gasteiger partial charge in [0.2, 0.25) is 0 Å². The summed E-state index contributed by atoms with van der Waals surface area (Å²) in [6.45, 7) is 7.61. The summed E-state index contributed by atoms with van der Waals surface area (Å²) >= 11 is 0. The molecular formula is C31H39N3O5. The average molecular weight is 534 g/mol. The summed E-state index contributed by atoms with van der Waals surface area (Å²) in [6, 6.07) is 17.1. The van der Waals surface area contributed by atoms with E-state index < -0.39 is 0 Å². The highest BCUT2D eigenvalue weighted by Crippen LogP contribution is 2.40. The number of aryl methyl sites for hydroxylation is 1. The van der Waals surface area contributed by atoms with Crippen molar-refractivity contribution >= 4 is 12.0 Å². The number of anilines is 1. The molecule has 0 amide bonds. The zero-order valence-electron chi connectivity index (χ0n) is 22.9. The van der Waals surface area contributed by atoms with Crippen molar-refractivity contribution in [3.8, 4) is 11.1 Å². The standard InChI is InChI=1S/C30H39N3O3.CO2/c1-22(12-15-35-17-18-36-16-14-34)7-6-13-31-30-29-26-11-10-23(2)19-25(26)21-27(29)32-28(33-30)20-24-8-4-3-5-9-24;2-1-3/h3-5,8-11,19,22,34H,6-7,12-18,20-21H2,1-2H3,(H,31,32,33);. The van der Waals surface area contributed by atoms with Crippen LogP contribution in [0.2, 0.25) is 0 Å². The fourth-order valence-electron chi connectivity index (χ4n) is 4.72. The maximum absolute atomic E-state index is 8.71. The lowest BCUT2D eigenvalue weighted by Gasteiger charge is -2.15. The molecule has 8 heteroatoms. The van der Waals surface area contributed by atoms with Gasteiger partial charge in [0.25, 0.3) is 0 Å². The van der Waals surface area contributed by atoms with Crippen molar-refractivity contribution in [3.63, 3.8) is 0 Å². The molecule has 2 N–H and O–H groups in total. The van der Waals surface area contributed by atoms with Gasteiger partial charge < -0.3 is 19.9 Å². The maximum atomic E-state index is 8.71. The molecule has 1 aliphatic carbocycles. The van der Waals surface area contributed by atoms with E-state index in [1.54, 1.807) is 0 Å². The SMILES string of the molecule is Cc1ccc2c(c1)Cc1nc(Cc3ccccc3)nc(NCCCC(C)CCOCCOCCO)c1-2.O=C=O. The Morgan fingerprint density at radius 2 is 1.74 bits per heavy atom. The molecule has 0 radical (unpaired) electrons. The van der Waals surface area contributed by atoms with Crippen LogP contribution in [-0.4, -0.2) is 60.8 Å². The van der Waals surface area contributed by atoms with Crippen LogP contribution in [0.3, 0.4) is 0 Å². The molecule has 4 rings (SSSR count). The van der Waals surface area contributed by atoms with Crippen molar-refractivity contribution in [1.82, 2.24) is 9.97 Å². The van der Waals surface area contributed by atoms with Crippen molar-refractivity contribution < 1.29 is 24.2 Å². The Bertz CT molecular complexity index is 1200. The van der Waals surface area contributed by atoms with Crippen molar-refractivity contribution in [1.29, 1.82) is 0 Å². The highest BCUT2D eigenvalue weighted by molar-refractivity contribution is 5.84. The van der Waals surface area contributed by atoms with Crippen molar-refractivity contribution in [2.75, 3.05) is 44.9 Å². The van der Waals surface area contributed by atoms with E-state index in [1.807, 2.05) is 6.07 Å². The second kappa shape index (κ2) is 16.5. The first kappa shape index (κ1) is 30.1. The van der Waals surface area contributed by atoms with Crippen molar-refractivity contribution in [2.24, 2.45) is 5.92 Å². The minimum absolute atomic E-state index is 0.0589. The number of aliphatic hydroxyl groups is 1. The summed E-state index contributed by atoms with van der Waals surface area (Å²) in [5.74, 6) is 2.44. The molecule has 1 heterocycles. The summed E-state index contributed by atoms with van der Waals surface area (Å²) in [4.78, 5) is 26.2. The van der Waals surface area contributed by atoms with Crippen LogP contribution < -0.4 is 5.32 Å². The molecule has 39 heavy (non-hydrogen) atoms. The van der Waals surface area contributed by atoms with Crippen LogP contribution in [0.25, 0.3) is 11.1 Å². The number of nitrogens with one attached hydrogen (secondary N) is 1. The Hall–Kier alpha value is -3.42. The van der Waals surface area contributed by atoms with Gasteiger partial charge in [0.1, 0.15) is 11.6 Å². The molecule has 2 aromatic carbocycles. The Balaban J connectivity index is 0.00000134. The summed E-state index contributed by atoms with van der Waals surface area (Å²) in [5, 5.41) is 12.4. The monoisotopic (exact) mass is 533 g/mol. The van der Waals surface area contributed by atoms with Crippen molar-refractivity contribution in [2.45, 2.75) is 46.0 Å². The fraction of sp³-hybridized carbons (Fsp3) is 0.452. The van der Waals surface area contributed by atoms with Gasteiger partial charge >= 0.3 is 6.15 Å². The first-order valence-electron chi connectivity index (χ1n) is 13.6. The van der Waals surface area contributed by atoms with E-state index in [0.717, 1.165) is 62.6 Å². The minimum Gasteiger partial charge on any atom is -0.394 e. The summed E-state index contributed by atoms with van der Waals surface area (Å²) in [6.07, 6.45) is 5.11. The molecule has 0 bridgehead atoms. The number of hydrogen-bond acceptors (Lipinski definition) is 8. The van der Waals surface area contributed by atoms with E-state index in [0.29, 0.717) is 25.7 Å². The quantitative estimate of drug-likeness (QED) is 0.213. The molecular weight excluding hydrogens is 494 g/mol. The van der Waals surface area contributed by atoms with E-state index in [2.05, 4.69) is 61.6 Å². The molecule has 1 aliphatic rings. The molecule has 3 aromatic rings. The molecule has 1 unspecified atom stereocenters. The van der Waals surface area contributed by atoms with E-state index >= 15 is 0 Å². The van der Waals surface area contributed by atoms with Gasteiger partial charge in [-0.2, -0.15) is 9.59 Å². The first-order valence-corrected chi connectivity index (χ1v) is 13.6. The zero-order valence-corrected chi connectivity index (χ0v) is 22.9. The third-order valence-corrected chi connectivity index (χ3v) is 6.65. The van der Waals surface area contributed by atoms with E-state index in [4.69, 9.17) is 34.1 Å². The van der Waals surface area contributed by atoms with E-state index in [-0.39, 0.29) is 12.8 Å². The van der Waals surface area contributed by atoms with Crippen LogP contribution in [0.5, 0.6) is 0 Å². The van der Waals surface area contributed by atoms with Crippen LogP contribution in [0, 0.1) is 12.8 Å². The van der Waals surface area contributed by atoms with Gasteiger partial charge in [0.05, 0.1) is 32.1 Å². The van der Waals surface area contributed by atoms with Crippen molar-refractivity contribution in [3.05, 3.63) is 76.7 Å². The largest absolute Gasteiger partial charge is 0.394 e. The maximum Gasteiger partial charge on any atom is 0.373 e. The number of carbonyl (C=O) groups excluding carboxylic acids is 2. The lowest BCUT2D eigenvalue weighted by atomic mass is 10.0. The predicted molar refractivity (Wildman–Crippen MR) is 149 cm³/mol. The van der Waals surface area contributed by atoms with Gasteiger partial charge in [-0.25, -0.2) is 9.97 Å². The van der Waals surface area contributed by atoms with Gasteiger partial charge in [0.15, 0.2) is 0 Å². The number of aliphatic hydroxyl groups excluding tert-OH is 1. The topological polar surface area (TPSA) is 111 Å². The number of hydrogen-bond donors (Lipinski definition) is 2. The average Bonchev–Trinajstić information content (AvgIpc) is 3.29. The van der Waals surface area contributed by atoms with Gasteiger partial charge in [-0.1, -0.05) is 61.0 Å². The molecule has 0 saturated heterocycles. The number of fused-ring (bicyclic) bond motifs is 3. The van der Waals surface area contributed by atoms with Gasteiger partial charge in [0, 0.05) is 31.6 Å². The van der Waals surface area contributed by atoms with Gasteiger partial charge in [-0.15, -0.1) is 0 Å². The lowest BCUT2D eigenvalue weighted by molar-refractivity contribution is -0.191. The Morgan fingerprint density at radius 3 is 2.49 bits per heavy atom. The molecule has 0 saturated carbocycles. The molecule has 0 fully saturated rings. The molecule has 8 nitrogen and oxygen atoms in total. The number of aromatic nitrogens is 2. The van der Waals surface area contributed by atoms with Crippen LogP contribution in [-0.2, 0) is 31.9 Å². The summed E-state index contributed by atoms with van der Waals surface area (Å²) in [7, 11) is 0. The number of ether oxygens (including phenoxy) is 2. The van der Waals surface area contributed by atoms with Gasteiger partial charge in [-0.05, 0) is 48.8 Å². The number of benzene rings is 2. The fourth-order valence-corrected chi connectivity index (χ4v) is 4.72. The molecule has 1 atom stereocenters.